The molecule has 116 valence electrons. The fraction of sp³-hybridized carbons (Fsp3) is 0.200. The zero-order valence-corrected chi connectivity index (χ0v) is 12.4. The lowest BCUT2D eigenvalue weighted by Gasteiger charge is -2.11. The lowest BCUT2D eigenvalue weighted by atomic mass is 10.2. The van der Waals surface area contributed by atoms with Crippen LogP contribution in [0.4, 0.5) is 4.39 Å². The van der Waals surface area contributed by atoms with Crippen molar-refractivity contribution in [2.45, 2.75) is 13.0 Å². The number of carbonyl (C=O) groups excluding carboxylic acids is 2. The van der Waals surface area contributed by atoms with Gasteiger partial charge in [-0.3, -0.25) is 4.79 Å². The summed E-state index contributed by atoms with van der Waals surface area (Å²) in [5, 5.41) is 2.78. The Balaban J connectivity index is 1.88. The SMILES string of the molecule is C[C@H](NC(=O)COC(=O)c1cc(Cl)ccc1F)c1ccco1. The molecular formula is C15H13ClFNO4. The summed E-state index contributed by atoms with van der Waals surface area (Å²) in [5.41, 5.74) is -0.320. The van der Waals surface area contributed by atoms with Crippen LogP contribution in [0, 0.1) is 5.82 Å². The van der Waals surface area contributed by atoms with Crippen LogP contribution in [0.25, 0.3) is 0 Å². The van der Waals surface area contributed by atoms with E-state index in [2.05, 4.69) is 5.32 Å². The first-order valence-corrected chi connectivity index (χ1v) is 6.80. The first-order chi connectivity index (χ1) is 10.5. The number of ether oxygens (including phenoxy) is 1. The number of carbonyl (C=O) groups is 2. The van der Waals surface area contributed by atoms with E-state index in [0.717, 1.165) is 12.1 Å². The normalized spacial score (nSPS) is 11.8. The Morgan fingerprint density at radius 3 is 2.86 bits per heavy atom. The quantitative estimate of drug-likeness (QED) is 0.858. The highest BCUT2D eigenvalue weighted by Gasteiger charge is 2.17. The van der Waals surface area contributed by atoms with E-state index < -0.39 is 24.3 Å². The Bertz CT molecular complexity index is 672. The smallest absolute Gasteiger partial charge is 0.341 e. The maximum atomic E-state index is 13.5. The van der Waals surface area contributed by atoms with Gasteiger partial charge < -0.3 is 14.5 Å². The molecule has 0 bridgehead atoms. The predicted octanol–water partition coefficient (Wildman–Crippen LogP) is 3.11. The standard InChI is InChI=1S/C15H13ClFNO4/c1-9(13-3-2-6-21-13)18-14(19)8-22-15(20)11-7-10(16)4-5-12(11)17/h2-7,9H,8H2,1H3,(H,18,19)/t9-/m0/s1. The van der Waals surface area contributed by atoms with Crippen LogP contribution in [-0.4, -0.2) is 18.5 Å². The van der Waals surface area contributed by atoms with Crippen molar-refractivity contribution in [1.82, 2.24) is 5.32 Å². The first kappa shape index (κ1) is 16.0. The van der Waals surface area contributed by atoms with E-state index in [1.165, 1.54) is 12.3 Å². The number of furan rings is 1. The van der Waals surface area contributed by atoms with Gasteiger partial charge in [0, 0.05) is 5.02 Å². The Hall–Kier alpha value is -2.34. The van der Waals surface area contributed by atoms with Crippen molar-refractivity contribution in [2.24, 2.45) is 0 Å². The second-order valence-electron chi connectivity index (χ2n) is 4.50. The molecule has 0 aliphatic carbocycles. The summed E-state index contributed by atoms with van der Waals surface area (Å²) < 4.78 is 23.4. The van der Waals surface area contributed by atoms with E-state index in [1.54, 1.807) is 19.1 Å². The molecule has 1 aromatic carbocycles. The van der Waals surface area contributed by atoms with Crippen LogP contribution in [0.2, 0.25) is 5.02 Å². The molecule has 0 saturated heterocycles. The number of halogens is 2. The van der Waals surface area contributed by atoms with Crippen LogP contribution in [0.5, 0.6) is 0 Å². The van der Waals surface area contributed by atoms with Gasteiger partial charge >= 0.3 is 5.97 Å². The Morgan fingerprint density at radius 2 is 2.18 bits per heavy atom. The van der Waals surface area contributed by atoms with Gasteiger partial charge in [0.1, 0.15) is 11.6 Å². The average Bonchev–Trinajstić information content (AvgIpc) is 3.01. The highest BCUT2D eigenvalue weighted by atomic mass is 35.5. The van der Waals surface area contributed by atoms with Crippen LogP contribution in [-0.2, 0) is 9.53 Å². The summed E-state index contributed by atoms with van der Waals surface area (Å²) in [7, 11) is 0. The van der Waals surface area contributed by atoms with Gasteiger partial charge in [-0.15, -0.1) is 0 Å². The second kappa shape index (κ2) is 7.09. The van der Waals surface area contributed by atoms with Crippen LogP contribution >= 0.6 is 11.6 Å². The summed E-state index contributed by atoms with van der Waals surface area (Å²) >= 11 is 5.69. The van der Waals surface area contributed by atoms with Gasteiger partial charge in [0.2, 0.25) is 0 Å². The second-order valence-corrected chi connectivity index (χ2v) is 4.94. The van der Waals surface area contributed by atoms with E-state index >= 15 is 0 Å². The zero-order valence-electron chi connectivity index (χ0n) is 11.6. The largest absolute Gasteiger partial charge is 0.467 e. The lowest BCUT2D eigenvalue weighted by molar-refractivity contribution is -0.125. The maximum Gasteiger partial charge on any atom is 0.341 e. The topological polar surface area (TPSA) is 68.5 Å². The molecule has 5 nitrogen and oxygen atoms in total. The van der Waals surface area contributed by atoms with Gasteiger partial charge in [-0.1, -0.05) is 11.6 Å². The van der Waals surface area contributed by atoms with Gasteiger partial charge in [-0.05, 0) is 37.3 Å². The molecule has 0 aliphatic heterocycles. The Morgan fingerprint density at radius 1 is 1.41 bits per heavy atom. The molecule has 0 spiro atoms. The molecule has 0 unspecified atom stereocenters. The minimum atomic E-state index is -0.958. The molecule has 0 fully saturated rings. The predicted molar refractivity (Wildman–Crippen MR) is 77.0 cm³/mol. The van der Waals surface area contributed by atoms with Crippen molar-refractivity contribution in [3.8, 4) is 0 Å². The number of benzene rings is 1. The third kappa shape index (κ3) is 4.08. The zero-order chi connectivity index (χ0) is 16.1. The third-order valence-corrected chi connectivity index (χ3v) is 3.07. The molecule has 22 heavy (non-hydrogen) atoms. The van der Waals surface area contributed by atoms with Gasteiger partial charge in [0.25, 0.3) is 5.91 Å². The summed E-state index contributed by atoms with van der Waals surface area (Å²) in [4.78, 5) is 23.4. The van der Waals surface area contributed by atoms with Gasteiger partial charge in [0.05, 0.1) is 17.9 Å². The fourth-order valence-electron chi connectivity index (χ4n) is 1.75. The molecule has 1 amide bonds. The number of amides is 1. The van der Waals surface area contributed by atoms with Crippen LogP contribution in [0.3, 0.4) is 0 Å². The van der Waals surface area contributed by atoms with E-state index in [-0.39, 0.29) is 16.6 Å². The third-order valence-electron chi connectivity index (χ3n) is 2.83. The molecule has 7 heteroatoms. The minimum Gasteiger partial charge on any atom is -0.467 e. The van der Waals surface area contributed by atoms with Crippen molar-refractivity contribution in [3.63, 3.8) is 0 Å². The summed E-state index contributed by atoms with van der Waals surface area (Å²) in [6, 6.07) is 6.54. The van der Waals surface area contributed by atoms with Gasteiger partial charge in [-0.25, -0.2) is 9.18 Å². The van der Waals surface area contributed by atoms with Gasteiger partial charge in [0.15, 0.2) is 6.61 Å². The van der Waals surface area contributed by atoms with Crippen molar-refractivity contribution in [2.75, 3.05) is 6.61 Å². The number of rotatable bonds is 5. The molecule has 1 atom stereocenters. The minimum absolute atomic E-state index is 0.198. The molecule has 1 N–H and O–H groups in total. The average molecular weight is 326 g/mol. The van der Waals surface area contributed by atoms with Crippen molar-refractivity contribution >= 4 is 23.5 Å². The summed E-state index contributed by atoms with van der Waals surface area (Å²) in [6.45, 7) is 1.19. The molecular weight excluding hydrogens is 313 g/mol. The van der Waals surface area contributed by atoms with Crippen LogP contribution in [0.1, 0.15) is 29.1 Å². The van der Waals surface area contributed by atoms with Crippen molar-refractivity contribution < 1.29 is 23.1 Å². The number of esters is 1. The van der Waals surface area contributed by atoms with E-state index in [9.17, 15) is 14.0 Å². The van der Waals surface area contributed by atoms with Crippen molar-refractivity contribution in [1.29, 1.82) is 0 Å². The van der Waals surface area contributed by atoms with Gasteiger partial charge in [-0.2, -0.15) is 0 Å². The highest BCUT2D eigenvalue weighted by molar-refractivity contribution is 6.30. The first-order valence-electron chi connectivity index (χ1n) is 6.42. The monoisotopic (exact) mass is 325 g/mol. The molecule has 0 radical (unpaired) electrons. The Kier molecular flexibility index (Phi) is 5.16. The van der Waals surface area contributed by atoms with E-state index in [1.807, 2.05) is 0 Å². The summed E-state index contributed by atoms with van der Waals surface area (Å²) in [5.74, 6) is -1.68. The van der Waals surface area contributed by atoms with Crippen LogP contribution in [0.15, 0.2) is 41.0 Å². The number of hydrogen-bond donors (Lipinski definition) is 1. The number of nitrogens with one attached hydrogen (secondary N) is 1. The summed E-state index contributed by atoms with van der Waals surface area (Å²) in [6.07, 6.45) is 1.49. The number of hydrogen-bond acceptors (Lipinski definition) is 4. The molecule has 2 aromatic rings. The van der Waals surface area contributed by atoms with Crippen molar-refractivity contribution in [3.05, 3.63) is 58.8 Å². The highest BCUT2D eigenvalue weighted by Crippen LogP contribution is 2.16. The van der Waals surface area contributed by atoms with Crippen LogP contribution < -0.4 is 5.32 Å². The fourth-order valence-corrected chi connectivity index (χ4v) is 1.93. The molecule has 1 aromatic heterocycles. The molecule has 1 heterocycles. The maximum absolute atomic E-state index is 13.5. The Labute approximate surface area is 131 Å². The lowest BCUT2D eigenvalue weighted by Crippen LogP contribution is -2.31. The molecule has 0 saturated carbocycles. The van der Waals surface area contributed by atoms with E-state index in [0.29, 0.717) is 5.76 Å². The molecule has 2 rings (SSSR count). The van der Waals surface area contributed by atoms with E-state index in [4.69, 9.17) is 20.8 Å². The molecule has 0 aliphatic rings.